The smallest absolute Gasteiger partial charge is 0.0622 e. The Morgan fingerprint density at radius 3 is 3.15 bits per heavy atom. The van der Waals surface area contributed by atoms with Crippen LogP contribution in [-0.4, -0.2) is 12.6 Å². The first-order chi connectivity index (χ1) is 6.31. The second-order valence-electron chi connectivity index (χ2n) is 3.47. The highest BCUT2D eigenvalue weighted by atomic mass is 15.1. The molecule has 0 spiro atoms. The fraction of sp³-hybridized carbons (Fsp3) is 0.400. The SMILES string of the molecule is CC1CNc2c(CN)cccc2N1. The van der Waals surface area contributed by atoms with Gasteiger partial charge in [0.15, 0.2) is 0 Å². The summed E-state index contributed by atoms with van der Waals surface area (Å²) in [6.07, 6.45) is 0. The first-order valence-electron chi connectivity index (χ1n) is 4.63. The van der Waals surface area contributed by atoms with Crippen LogP contribution < -0.4 is 16.4 Å². The van der Waals surface area contributed by atoms with Crippen molar-refractivity contribution in [1.82, 2.24) is 0 Å². The van der Waals surface area contributed by atoms with Crippen LogP contribution in [0.4, 0.5) is 11.4 Å². The van der Waals surface area contributed by atoms with Crippen molar-refractivity contribution in [2.24, 2.45) is 5.73 Å². The third-order valence-corrected chi connectivity index (χ3v) is 2.36. The molecule has 1 unspecified atom stereocenters. The molecule has 0 amide bonds. The Morgan fingerprint density at radius 1 is 1.54 bits per heavy atom. The van der Waals surface area contributed by atoms with Gasteiger partial charge in [-0.2, -0.15) is 0 Å². The highest BCUT2D eigenvalue weighted by Gasteiger charge is 2.14. The highest BCUT2D eigenvalue weighted by molar-refractivity contribution is 5.74. The third-order valence-electron chi connectivity index (χ3n) is 2.36. The molecule has 0 fully saturated rings. The van der Waals surface area contributed by atoms with E-state index in [-0.39, 0.29) is 0 Å². The predicted molar refractivity (Wildman–Crippen MR) is 55.9 cm³/mol. The maximum atomic E-state index is 5.64. The number of benzene rings is 1. The van der Waals surface area contributed by atoms with Crippen LogP contribution in [0.25, 0.3) is 0 Å². The van der Waals surface area contributed by atoms with Crippen molar-refractivity contribution in [2.75, 3.05) is 17.2 Å². The van der Waals surface area contributed by atoms with Crippen molar-refractivity contribution in [3.05, 3.63) is 23.8 Å². The number of rotatable bonds is 1. The van der Waals surface area contributed by atoms with Gasteiger partial charge in [-0.3, -0.25) is 0 Å². The quantitative estimate of drug-likeness (QED) is 0.607. The van der Waals surface area contributed by atoms with Crippen LogP contribution >= 0.6 is 0 Å². The molecule has 0 bridgehead atoms. The molecule has 0 aromatic heterocycles. The van der Waals surface area contributed by atoms with Crippen molar-refractivity contribution in [3.63, 3.8) is 0 Å². The number of hydrogen-bond acceptors (Lipinski definition) is 3. The summed E-state index contributed by atoms with van der Waals surface area (Å²) in [5.41, 5.74) is 9.16. The van der Waals surface area contributed by atoms with E-state index in [1.54, 1.807) is 0 Å². The van der Waals surface area contributed by atoms with Gasteiger partial charge in [0.2, 0.25) is 0 Å². The average molecular weight is 177 g/mol. The molecular weight excluding hydrogens is 162 g/mol. The monoisotopic (exact) mass is 177 g/mol. The fourth-order valence-corrected chi connectivity index (χ4v) is 1.67. The van der Waals surface area contributed by atoms with Crippen LogP contribution in [0.5, 0.6) is 0 Å². The molecule has 0 radical (unpaired) electrons. The maximum absolute atomic E-state index is 5.64. The maximum Gasteiger partial charge on any atom is 0.0622 e. The van der Waals surface area contributed by atoms with Gasteiger partial charge in [-0.25, -0.2) is 0 Å². The number of para-hydroxylation sites is 1. The first kappa shape index (κ1) is 8.38. The summed E-state index contributed by atoms with van der Waals surface area (Å²) in [4.78, 5) is 0. The Kier molecular flexibility index (Phi) is 2.10. The van der Waals surface area contributed by atoms with Crippen LogP contribution in [-0.2, 0) is 6.54 Å². The van der Waals surface area contributed by atoms with Crippen molar-refractivity contribution in [3.8, 4) is 0 Å². The molecule has 1 aliphatic heterocycles. The molecule has 1 aromatic rings. The Hall–Kier alpha value is -1.22. The van der Waals surface area contributed by atoms with E-state index in [4.69, 9.17) is 5.73 Å². The van der Waals surface area contributed by atoms with E-state index in [0.29, 0.717) is 12.6 Å². The molecule has 1 atom stereocenters. The molecule has 1 aliphatic rings. The van der Waals surface area contributed by atoms with Gasteiger partial charge < -0.3 is 16.4 Å². The van der Waals surface area contributed by atoms with Crippen molar-refractivity contribution >= 4 is 11.4 Å². The van der Waals surface area contributed by atoms with Crippen LogP contribution in [0, 0.1) is 0 Å². The van der Waals surface area contributed by atoms with Gasteiger partial charge in [-0.05, 0) is 18.6 Å². The number of nitrogens with one attached hydrogen (secondary N) is 2. The summed E-state index contributed by atoms with van der Waals surface area (Å²) in [6.45, 7) is 3.71. The lowest BCUT2D eigenvalue weighted by molar-refractivity contribution is 0.814. The Balaban J connectivity index is 2.39. The molecular formula is C10H15N3. The van der Waals surface area contributed by atoms with E-state index in [9.17, 15) is 0 Å². The lowest BCUT2D eigenvalue weighted by Crippen LogP contribution is -2.30. The van der Waals surface area contributed by atoms with Crippen LogP contribution in [0.2, 0.25) is 0 Å². The molecule has 70 valence electrons. The minimum atomic E-state index is 0.487. The van der Waals surface area contributed by atoms with E-state index in [1.807, 2.05) is 6.07 Å². The topological polar surface area (TPSA) is 50.1 Å². The Bertz CT molecular complexity index is 309. The van der Waals surface area contributed by atoms with Gasteiger partial charge in [0.05, 0.1) is 11.4 Å². The molecule has 3 heteroatoms. The predicted octanol–water partition coefficient (Wildman–Crippen LogP) is 1.37. The molecule has 3 nitrogen and oxygen atoms in total. The van der Waals surface area contributed by atoms with Gasteiger partial charge in [-0.15, -0.1) is 0 Å². The van der Waals surface area contributed by atoms with Crippen molar-refractivity contribution in [1.29, 1.82) is 0 Å². The van der Waals surface area contributed by atoms with E-state index >= 15 is 0 Å². The molecule has 4 N–H and O–H groups in total. The molecule has 0 saturated carbocycles. The normalized spacial score (nSPS) is 20.0. The largest absolute Gasteiger partial charge is 0.381 e. The number of anilines is 2. The summed E-state index contributed by atoms with van der Waals surface area (Å²) < 4.78 is 0. The second kappa shape index (κ2) is 3.26. The second-order valence-corrected chi connectivity index (χ2v) is 3.47. The van der Waals surface area contributed by atoms with Crippen LogP contribution in [0.3, 0.4) is 0 Å². The van der Waals surface area contributed by atoms with E-state index in [1.165, 1.54) is 16.9 Å². The van der Waals surface area contributed by atoms with E-state index < -0.39 is 0 Å². The highest BCUT2D eigenvalue weighted by Crippen LogP contribution is 2.29. The van der Waals surface area contributed by atoms with E-state index in [2.05, 4.69) is 29.7 Å². The zero-order chi connectivity index (χ0) is 9.26. The van der Waals surface area contributed by atoms with Gasteiger partial charge in [0.25, 0.3) is 0 Å². The molecule has 1 heterocycles. The first-order valence-corrected chi connectivity index (χ1v) is 4.63. The van der Waals surface area contributed by atoms with Gasteiger partial charge in [0.1, 0.15) is 0 Å². The minimum absolute atomic E-state index is 0.487. The summed E-state index contributed by atoms with van der Waals surface area (Å²) in [5, 5.41) is 6.81. The number of hydrogen-bond donors (Lipinski definition) is 3. The van der Waals surface area contributed by atoms with Gasteiger partial charge in [0, 0.05) is 19.1 Å². The number of fused-ring (bicyclic) bond motifs is 1. The van der Waals surface area contributed by atoms with Crippen molar-refractivity contribution in [2.45, 2.75) is 19.5 Å². The van der Waals surface area contributed by atoms with Gasteiger partial charge in [-0.1, -0.05) is 12.1 Å². The molecule has 1 aromatic carbocycles. The lowest BCUT2D eigenvalue weighted by atomic mass is 10.1. The molecule has 0 saturated heterocycles. The summed E-state index contributed by atoms with van der Waals surface area (Å²) >= 11 is 0. The third kappa shape index (κ3) is 1.47. The fourth-order valence-electron chi connectivity index (χ4n) is 1.67. The summed E-state index contributed by atoms with van der Waals surface area (Å²) in [5.74, 6) is 0. The lowest BCUT2D eigenvalue weighted by Gasteiger charge is -2.27. The van der Waals surface area contributed by atoms with E-state index in [0.717, 1.165) is 6.54 Å². The Morgan fingerprint density at radius 2 is 2.38 bits per heavy atom. The zero-order valence-corrected chi connectivity index (χ0v) is 7.80. The zero-order valence-electron chi connectivity index (χ0n) is 7.80. The van der Waals surface area contributed by atoms with Crippen molar-refractivity contribution < 1.29 is 0 Å². The molecule has 13 heavy (non-hydrogen) atoms. The Labute approximate surface area is 78.3 Å². The van der Waals surface area contributed by atoms with Gasteiger partial charge >= 0.3 is 0 Å². The standard InChI is InChI=1S/C10H15N3/c1-7-6-12-10-8(5-11)3-2-4-9(10)13-7/h2-4,7,12-13H,5-6,11H2,1H3. The average Bonchev–Trinajstić information content (AvgIpc) is 2.16. The molecule has 0 aliphatic carbocycles. The molecule has 2 rings (SSSR count). The minimum Gasteiger partial charge on any atom is -0.381 e. The van der Waals surface area contributed by atoms with Crippen LogP contribution in [0.1, 0.15) is 12.5 Å². The number of nitrogens with two attached hydrogens (primary N) is 1. The van der Waals surface area contributed by atoms with Crippen LogP contribution in [0.15, 0.2) is 18.2 Å². The summed E-state index contributed by atoms with van der Waals surface area (Å²) in [7, 11) is 0. The summed E-state index contributed by atoms with van der Waals surface area (Å²) in [6, 6.07) is 6.66.